The minimum Gasteiger partial charge on any atom is -0.370 e. The number of ether oxygens (including phenoxy) is 1. The van der Waals surface area contributed by atoms with Crippen LogP contribution in [0.15, 0.2) is 6.07 Å². The van der Waals surface area contributed by atoms with Crippen LogP contribution in [0.1, 0.15) is 70.8 Å². The Bertz CT molecular complexity index is 465. The zero-order valence-corrected chi connectivity index (χ0v) is 14.1. The smallest absolute Gasteiger partial charge is 0.162 e. The minimum atomic E-state index is -0.304. The third kappa shape index (κ3) is 3.54. The Kier molecular flexibility index (Phi) is 5.20. The molecule has 1 aromatic heterocycles. The van der Waals surface area contributed by atoms with Gasteiger partial charge in [-0.25, -0.2) is 9.97 Å². The molecule has 0 saturated heterocycles. The van der Waals surface area contributed by atoms with Crippen LogP contribution < -0.4 is 5.32 Å². The number of methoxy groups -OCH3 is 1. The summed E-state index contributed by atoms with van der Waals surface area (Å²) in [4.78, 5) is 9.58. The predicted molar refractivity (Wildman–Crippen MR) is 86.6 cm³/mol. The average molecular weight is 291 g/mol. The van der Waals surface area contributed by atoms with Gasteiger partial charge in [-0.05, 0) is 44.4 Å². The molecule has 21 heavy (non-hydrogen) atoms. The summed E-state index contributed by atoms with van der Waals surface area (Å²) in [5.74, 6) is 2.94. The molecule has 0 radical (unpaired) electrons. The first-order valence-electron chi connectivity index (χ1n) is 8.19. The molecule has 1 N–H and O–H groups in total. The van der Waals surface area contributed by atoms with Gasteiger partial charge in [0.05, 0.1) is 0 Å². The summed E-state index contributed by atoms with van der Waals surface area (Å²) in [5, 5.41) is 3.33. The second-order valence-corrected chi connectivity index (χ2v) is 6.57. The first-order valence-corrected chi connectivity index (χ1v) is 8.19. The van der Waals surface area contributed by atoms with E-state index in [1.807, 2.05) is 0 Å². The molecule has 0 aliphatic heterocycles. The Labute approximate surface area is 128 Å². The summed E-state index contributed by atoms with van der Waals surface area (Å²) in [6.07, 6.45) is 4.38. The molecule has 1 aliphatic carbocycles. The van der Waals surface area contributed by atoms with Gasteiger partial charge in [-0.1, -0.05) is 20.8 Å². The molecule has 0 atom stereocenters. The van der Waals surface area contributed by atoms with Crippen LogP contribution in [0, 0.1) is 5.92 Å². The van der Waals surface area contributed by atoms with E-state index in [0.717, 1.165) is 42.6 Å². The van der Waals surface area contributed by atoms with Crippen LogP contribution in [-0.2, 0) is 10.3 Å². The van der Waals surface area contributed by atoms with Crippen molar-refractivity contribution in [2.45, 2.75) is 64.9 Å². The number of hydrogen-bond acceptors (Lipinski definition) is 4. The molecule has 0 spiro atoms. The summed E-state index contributed by atoms with van der Waals surface area (Å²) in [6, 6.07) is 2.06. The highest BCUT2D eigenvalue weighted by Crippen LogP contribution is 2.41. The zero-order valence-electron chi connectivity index (χ0n) is 14.1. The molecule has 1 fully saturated rings. The van der Waals surface area contributed by atoms with E-state index in [2.05, 4.69) is 39.1 Å². The molecule has 1 aliphatic rings. The quantitative estimate of drug-likeness (QED) is 0.888. The second-order valence-electron chi connectivity index (χ2n) is 6.57. The van der Waals surface area contributed by atoms with Gasteiger partial charge in [-0.15, -0.1) is 0 Å². The SMILES string of the molecule is CCNc1cc(C(C)C)nc(C2(OC)CCC(C)CC2)n1. The molecule has 118 valence electrons. The zero-order chi connectivity index (χ0) is 15.5. The maximum absolute atomic E-state index is 5.93. The number of anilines is 1. The molecular formula is C17H29N3O. The van der Waals surface area contributed by atoms with Crippen molar-refractivity contribution < 1.29 is 4.74 Å². The third-order valence-electron chi connectivity index (χ3n) is 4.58. The maximum Gasteiger partial charge on any atom is 0.162 e. The molecule has 1 aromatic rings. The van der Waals surface area contributed by atoms with Gasteiger partial charge in [-0.2, -0.15) is 0 Å². The van der Waals surface area contributed by atoms with E-state index in [9.17, 15) is 0 Å². The van der Waals surface area contributed by atoms with E-state index in [1.54, 1.807) is 7.11 Å². The van der Waals surface area contributed by atoms with Crippen LogP contribution in [0.5, 0.6) is 0 Å². The number of nitrogens with one attached hydrogen (secondary N) is 1. The van der Waals surface area contributed by atoms with Crippen LogP contribution in [-0.4, -0.2) is 23.6 Å². The summed E-state index contributed by atoms with van der Waals surface area (Å²) >= 11 is 0. The molecule has 4 nitrogen and oxygen atoms in total. The summed E-state index contributed by atoms with van der Waals surface area (Å²) in [6.45, 7) is 9.61. The molecule has 2 rings (SSSR count). The average Bonchev–Trinajstić information content (AvgIpc) is 2.48. The van der Waals surface area contributed by atoms with Gasteiger partial charge < -0.3 is 10.1 Å². The van der Waals surface area contributed by atoms with Crippen molar-refractivity contribution in [1.29, 1.82) is 0 Å². The lowest BCUT2D eigenvalue weighted by molar-refractivity contribution is -0.0598. The van der Waals surface area contributed by atoms with Crippen LogP contribution in [0.3, 0.4) is 0 Å². The van der Waals surface area contributed by atoms with E-state index in [-0.39, 0.29) is 5.60 Å². The Morgan fingerprint density at radius 3 is 2.52 bits per heavy atom. The lowest BCUT2D eigenvalue weighted by Gasteiger charge is -2.37. The number of hydrogen-bond donors (Lipinski definition) is 1. The predicted octanol–water partition coefficient (Wildman–Crippen LogP) is 4.08. The normalized spacial score (nSPS) is 26.1. The molecule has 0 aromatic carbocycles. The first-order chi connectivity index (χ1) is 10.0. The van der Waals surface area contributed by atoms with Crippen molar-refractivity contribution in [2.75, 3.05) is 19.0 Å². The lowest BCUT2D eigenvalue weighted by atomic mass is 9.79. The topological polar surface area (TPSA) is 47.0 Å². The van der Waals surface area contributed by atoms with E-state index in [0.29, 0.717) is 5.92 Å². The minimum absolute atomic E-state index is 0.304. The van der Waals surface area contributed by atoms with Crippen LogP contribution in [0.4, 0.5) is 5.82 Å². The van der Waals surface area contributed by atoms with Gasteiger partial charge in [0.15, 0.2) is 5.82 Å². The second kappa shape index (κ2) is 6.73. The Hall–Kier alpha value is -1.16. The summed E-state index contributed by atoms with van der Waals surface area (Å²) < 4.78 is 5.93. The van der Waals surface area contributed by atoms with E-state index in [4.69, 9.17) is 14.7 Å². The highest BCUT2D eigenvalue weighted by Gasteiger charge is 2.39. The van der Waals surface area contributed by atoms with Crippen molar-refractivity contribution in [3.05, 3.63) is 17.6 Å². The monoisotopic (exact) mass is 291 g/mol. The maximum atomic E-state index is 5.93. The fourth-order valence-electron chi connectivity index (χ4n) is 2.98. The van der Waals surface area contributed by atoms with Crippen LogP contribution >= 0.6 is 0 Å². The fraction of sp³-hybridized carbons (Fsp3) is 0.765. The van der Waals surface area contributed by atoms with Crippen molar-refractivity contribution in [2.24, 2.45) is 5.92 Å². The standard InChI is InChI=1S/C17H29N3O/c1-6-18-15-11-14(12(2)3)19-16(20-15)17(21-5)9-7-13(4)8-10-17/h11-13H,6-10H2,1-5H3,(H,18,19,20). The molecule has 0 bridgehead atoms. The van der Waals surface area contributed by atoms with Crippen molar-refractivity contribution >= 4 is 5.82 Å². The molecule has 1 saturated carbocycles. The van der Waals surface area contributed by atoms with Gasteiger partial charge in [0.2, 0.25) is 0 Å². The Balaban J connectivity index is 2.40. The Morgan fingerprint density at radius 2 is 2.00 bits per heavy atom. The molecule has 4 heteroatoms. The third-order valence-corrected chi connectivity index (χ3v) is 4.58. The van der Waals surface area contributed by atoms with Crippen molar-refractivity contribution in [1.82, 2.24) is 9.97 Å². The molecule has 0 amide bonds. The number of nitrogens with zero attached hydrogens (tertiary/aromatic N) is 2. The molecule has 1 heterocycles. The van der Waals surface area contributed by atoms with E-state index >= 15 is 0 Å². The highest BCUT2D eigenvalue weighted by atomic mass is 16.5. The van der Waals surface area contributed by atoms with Gasteiger partial charge in [0.25, 0.3) is 0 Å². The molecule has 0 unspecified atom stereocenters. The first kappa shape index (κ1) is 16.2. The fourth-order valence-corrected chi connectivity index (χ4v) is 2.98. The van der Waals surface area contributed by atoms with Crippen LogP contribution in [0.25, 0.3) is 0 Å². The largest absolute Gasteiger partial charge is 0.370 e. The Morgan fingerprint density at radius 1 is 1.33 bits per heavy atom. The summed E-state index contributed by atoms with van der Waals surface area (Å²) in [5.41, 5.74) is 0.785. The van der Waals surface area contributed by atoms with Gasteiger partial charge >= 0.3 is 0 Å². The number of aromatic nitrogens is 2. The van der Waals surface area contributed by atoms with Gasteiger partial charge in [0, 0.05) is 25.4 Å². The lowest BCUT2D eigenvalue weighted by Crippen LogP contribution is -2.35. The van der Waals surface area contributed by atoms with E-state index in [1.165, 1.54) is 12.8 Å². The highest BCUT2D eigenvalue weighted by molar-refractivity contribution is 5.37. The number of rotatable bonds is 5. The van der Waals surface area contributed by atoms with E-state index < -0.39 is 0 Å². The van der Waals surface area contributed by atoms with Crippen LogP contribution in [0.2, 0.25) is 0 Å². The van der Waals surface area contributed by atoms with Crippen molar-refractivity contribution in [3.8, 4) is 0 Å². The summed E-state index contributed by atoms with van der Waals surface area (Å²) in [7, 11) is 1.80. The van der Waals surface area contributed by atoms with Gasteiger partial charge in [-0.3, -0.25) is 0 Å². The molecular weight excluding hydrogens is 262 g/mol. The van der Waals surface area contributed by atoms with Crippen molar-refractivity contribution in [3.63, 3.8) is 0 Å². The van der Waals surface area contributed by atoms with Gasteiger partial charge in [0.1, 0.15) is 11.4 Å².